The number of carboxylic acids is 1. The highest BCUT2D eigenvalue weighted by molar-refractivity contribution is 5.67. The van der Waals surface area contributed by atoms with Crippen LogP contribution in [-0.4, -0.2) is 21.7 Å². The first-order chi connectivity index (χ1) is 11.3. The molecule has 5 heteroatoms. The number of aliphatic carboxylic acids is 1. The summed E-state index contributed by atoms with van der Waals surface area (Å²) in [5.41, 5.74) is 2.73. The monoisotopic (exact) mass is 329 g/mol. The normalized spacial score (nSPS) is 28.8. The highest BCUT2D eigenvalue weighted by Crippen LogP contribution is 2.62. The van der Waals surface area contributed by atoms with E-state index in [1.54, 1.807) is 4.57 Å². The minimum Gasteiger partial charge on any atom is -0.485 e. The Morgan fingerprint density at radius 1 is 1.42 bits per heavy atom. The summed E-state index contributed by atoms with van der Waals surface area (Å²) in [6.45, 7) is 6.63. The maximum absolute atomic E-state index is 12.8. The van der Waals surface area contributed by atoms with Crippen LogP contribution in [0, 0.1) is 24.2 Å². The summed E-state index contributed by atoms with van der Waals surface area (Å²) in [7, 11) is 0. The van der Waals surface area contributed by atoms with Gasteiger partial charge in [0.15, 0.2) is 0 Å². The van der Waals surface area contributed by atoms with Crippen molar-refractivity contribution in [2.45, 2.75) is 52.7 Å². The summed E-state index contributed by atoms with van der Waals surface area (Å²) in [5.74, 6) is 0.936. The molecule has 128 valence electrons. The first-order valence-corrected chi connectivity index (χ1v) is 8.63. The number of aryl methyl sites for hydroxylation is 1. The van der Waals surface area contributed by atoms with Crippen LogP contribution in [0.5, 0.6) is 5.75 Å². The van der Waals surface area contributed by atoms with E-state index in [-0.39, 0.29) is 30.0 Å². The molecule has 2 bridgehead atoms. The number of rotatable bonds is 3. The number of nitrogens with zero attached hydrogens (tertiary/aromatic N) is 1. The average Bonchev–Trinajstić information content (AvgIpc) is 2.52. The van der Waals surface area contributed by atoms with Crippen molar-refractivity contribution in [3.8, 4) is 5.75 Å². The van der Waals surface area contributed by atoms with Gasteiger partial charge in [-0.15, -0.1) is 0 Å². The Labute approximate surface area is 140 Å². The molecule has 1 N–H and O–H groups in total. The van der Waals surface area contributed by atoms with E-state index in [9.17, 15) is 9.59 Å². The molecule has 4 aliphatic rings. The van der Waals surface area contributed by atoms with Crippen molar-refractivity contribution in [2.24, 2.45) is 17.3 Å². The number of aromatic nitrogens is 1. The van der Waals surface area contributed by atoms with Gasteiger partial charge in [-0.25, -0.2) is 0 Å². The van der Waals surface area contributed by atoms with Crippen molar-refractivity contribution in [3.63, 3.8) is 0 Å². The number of carboxylic acid groups (broad SMARTS) is 1. The highest BCUT2D eigenvalue weighted by Gasteiger charge is 2.56. The Morgan fingerprint density at radius 2 is 2.17 bits per heavy atom. The van der Waals surface area contributed by atoms with Crippen molar-refractivity contribution in [1.82, 2.24) is 4.57 Å². The van der Waals surface area contributed by atoms with Crippen LogP contribution < -0.4 is 10.3 Å². The van der Waals surface area contributed by atoms with Crippen LogP contribution in [0.3, 0.4) is 0 Å². The van der Waals surface area contributed by atoms with Crippen molar-refractivity contribution in [1.29, 1.82) is 0 Å². The van der Waals surface area contributed by atoms with Gasteiger partial charge in [-0.2, -0.15) is 0 Å². The van der Waals surface area contributed by atoms with Gasteiger partial charge in [0.05, 0.1) is 12.0 Å². The predicted molar refractivity (Wildman–Crippen MR) is 90.1 cm³/mol. The second kappa shape index (κ2) is 4.98. The molecule has 1 aromatic rings. The first kappa shape index (κ1) is 15.5. The molecule has 0 saturated heterocycles. The third-order valence-corrected chi connectivity index (χ3v) is 6.38. The molecular weight excluding hydrogens is 306 g/mol. The number of hydrogen-bond acceptors (Lipinski definition) is 3. The molecule has 0 aromatic carbocycles. The molecule has 5 rings (SSSR count). The molecule has 3 fully saturated rings. The molecule has 0 radical (unpaired) electrons. The average molecular weight is 329 g/mol. The topological polar surface area (TPSA) is 68.5 Å². The molecule has 0 amide bonds. The quantitative estimate of drug-likeness (QED) is 0.926. The van der Waals surface area contributed by atoms with E-state index in [1.165, 1.54) is 12.0 Å². The van der Waals surface area contributed by atoms with Gasteiger partial charge in [-0.05, 0) is 48.7 Å². The van der Waals surface area contributed by atoms with E-state index in [4.69, 9.17) is 9.84 Å². The molecule has 24 heavy (non-hydrogen) atoms. The number of ether oxygens (including phenoxy) is 1. The molecule has 5 nitrogen and oxygen atoms in total. The van der Waals surface area contributed by atoms with Crippen LogP contribution in [0.4, 0.5) is 0 Å². The van der Waals surface area contributed by atoms with Gasteiger partial charge < -0.3 is 14.4 Å². The standard InChI is InChI=1S/C19H23NO4/c1-10-6-15-13(18(23)20(10)5-4-17(21)22)9-12-14-7-11(19(14,2)3)8-16(12)24-15/h6,9,11,14,16H,4-5,7-8H2,1-3H3,(H,21,22)/t11-,14+,16-/m1/s1. The second-order valence-corrected chi connectivity index (χ2v) is 7.96. The van der Waals surface area contributed by atoms with Crippen LogP contribution in [0.25, 0.3) is 6.08 Å². The van der Waals surface area contributed by atoms with E-state index in [2.05, 4.69) is 13.8 Å². The molecule has 2 heterocycles. The lowest BCUT2D eigenvalue weighted by Gasteiger charge is -2.60. The van der Waals surface area contributed by atoms with Crippen LogP contribution in [-0.2, 0) is 11.3 Å². The smallest absolute Gasteiger partial charge is 0.305 e. The molecule has 1 aromatic heterocycles. The summed E-state index contributed by atoms with van der Waals surface area (Å²) >= 11 is 0. The van der Waals surface area contributed by atoms with Crippen molar-refractivity contribution < 1.29 is 14.6 Å². The number of carbonyl (C=O) groups is 1. The third kappa shape index (κ3) is 2.06. The SMILES string of the molecule is Cc1cc2c(c(=O)n1CCC(=O)O)C=C1[C@@H](C[C@H]3C[C@@H]1C3(C)C)O2. The van der Waals surface area contributed by atoms with Gasteiger partial charge in [0, 0.05) is 18.3 Å². The fourth-order valence-electron chi connectivity index (χ4n) is 4.70. The summed E-state index contributed by atoms with van der Waals surface area (Å²) in [4.78, 5) is 23.7. The minimum absolute atomic E-state index is 0.0586. The van der Waals surface area contributed by atoms with E-state index >= 15 is 0 Å². The second-order valence-electron chi connectivity index (χ2n) is 7.96. The van der Waals surface area contributed by atoms with Gasteiger partial charge in [-0.1, -0.05) is 13.8 Å². The van der Waals surface area contributed by atoms with Gasteiger partial charge in [-0.3, -0.25) is 9.59 Å². The van der Waals surface area contributed by atoms with E-state index in [1.807, 2.05) is 19.1 Å². The van der Waals surface area contributed by atoms with Crippen molar-refractivity contribution in [3.05, 3.63) is 33.3 Å². The molecule has 3 aliphatic carbocycles. The van der Waals surface area contributed by atoms with E-state index < -0.39 is 5.97 Å². The van der Waals surface area contributed by atoms with Crippen LogP contribution in [0.1, 0.15) is 44.4 Å². The lowest BCUT2D eigenvalue weighted by Crippen LogP contribution is -2.55. The number of pyridine rings is 1. The van der Waals surface area contributed by atoms with E-state index in [0.29, 0.717) is 23.1 Å². The van der Waals surface area contributed by atoms with Gasteiger partial charge in [0.1, 0.15) is 11.9 Å². The molecule has 1 aliphatic heterocycles. The minimum atomic E-state index is -0.900. The summed E-state index contributed by atoms with van der Waals surface area (Å²) in [6, 6.07) is 1.87. The first-order valence-electron chi connectivity index (χ1n) is 8.63. The third-order valence-electron chi connectivity index (χ3n) is 6.38. The maximum Gasteiger partial charge on any atom is 0.305 e. The van der Waals surface area contributed by atoms with E-state index in [0.717, 1.165) is 12.1 Å². The largest absolute Gasteiger partial charge is 0.485 e. The Morgan fingerprint density at radius 3 is 2.83 bits per heavy atom. The lowest BCUT2D eigenvalue weighted by molar-refractivity contribution is -0.137. The molecule has 3 saturated carbocycles. The van der Waals surface area contributed by atoms with Gasteiger partial charge in [0.25, 0.3) is 5.56 Å². The number of fused-ring (bicyclic) bond motifs is 1. The molecule has 0 spiro atoms. The zero-order valence-corrected chi connectivity index (χ0v) is 14.3. The van der Waals surface area contributed by atoms with Crippen LogP contribution in [0.2, 0.25) is 0 Å². The van der Waals surface area contributed by atoms with Crippen molar-refractivity contribution in [2.75, 3.05) is 0 Å². The summed E-state index contributed by atoms with van der Waals surface area (Å²) < 4.78 is 7.72. The molecular formula is C19H23NO4. The Hall–Kier alpha value is -2.04. The molecule has 0 unspecified atom stereocenters. The Balaban J connectivity index is 1.76. The predicted octanol–water partition coefficient (Wildman–Crippen LogP) is 2.84. The molecule has 3 atom stereocenters. The summed E-state index contributed by atoms with van der Waals surface area (Å²) in [6.07, 6.45) is 4.28. The zero-order valence-electron chi connectivity index (χ0n) is 14.3. The van der Waals surface area contributed by atoms with Gasteiger partial charge in [0.2, 0.25) is 0 Å². The number of hydrogen-bond donors (Lipinski definition) is 1. The Bertz CT molecular complexity index is 817. The van der Waals surface area contributed by atoms with Crippen LogP contribution >= 0.6 is 0 Å². The zero-order chi connectivity index (χ0) is 17.2. The lowest BCUT2D eigenvalue weighted by atomic mass is 9.46. The Kier molecular flexibility index (Phi) is 3.21. The highest BCUT2D eigenvalue weighted by atomic mass is 16.5. The van der Waals surface area contributed by atoms with Gasteiger partial charge >= 0.3 is 5.97 Å². The fourth-order valence-corrected chi connectivity index (χ4v) is 4.70. The fraction of sp³-hybridized carbons (Fsp3) is 0.579. The van der Waals surface area contributed by atoms with Crippen LogP contribution in [0.15, 0.2) is 16.4 Å². The summed E-state index contributed by atoms with van der Waals surface area (Å²) in [5, 5.41) is 8.90. The van der Waals surface area contributed by atoms with Crippen molar-refractivity contribution >= 4 is 12.0 Å². The maximum atomic E-state index is 12.8.